The van der Waals surface area contributed by atoms with Crippen LogP contribution in [0.5, 0.6) is 0 Å². The van der Waals surface area contributed by atoms with Crippen LogP contribution in [0.25, 0.3) is 0 Å². The smallest absolute Gasteiger partial charge is 0.303 e. The van der Waals surface area contributed by atoms with Gasteiger partial charge in [0.05, 0.1) is 5.54 Å². The van der Waals surface area contributed by atoms with Crippen LogP contribution in [-0.4, -0.2) is 17.0 Å². The fraction of sp³-hybridized carbons (Fsp3) is 0.467. The van der Waals surface area contributed by atoms with Crippen molar-refractivity contribution < 1.29 is 23.5 Å². The van der Waals surface area contributed by atoms with E-state index in [2.05, 4.69) is 5.32 Å². The first-order chi connectivity index (χ1) is 9.72. The van der Waals surface area contributed by atoms with Gasteiger partial charge in [-0.2, -0.15) is 0 Å². The quantitative estimate of drug-likeness (QED) is 0.761. The zero-order chi connectivity index (χ0) is 16.0. The number of amides is 1. The highest BCUT2D eigenvalue weighted by molar-refractivity contribution is 5.77. The summed E-state index contributed by atoms with van der Waals surface area (Å²) < 4.78 is 26.1. The van der Waals surface area contributed by atoms with Gasteiger partial charge in [0.15, 0.2) is 11.6 Å². The van der Waals surface area contributed by atoms with E-state index in [1.165, 1.54) is 6.07 Å². The second-order valence-electron chi connectivity index (χ2n) is 5.40. The van der Waals surface area contributed by atoms with Crippen molar-refractivity contribution in [2.45, 2.75) is 45.1 Å². The van der Waals surface area contributed by atoms with Crippen LogP contribution in [0.4, 0.5) is 8.78 Å². The molecular weight excluding hydrogens is 280 g/mol. The Kier molecular flexibility index (Phi) is 5.81. The predicted molar refractivity (Wildman–Crippen MR) is 73.6 cm³/mol. The molecule has 0 atom stereocenters. The molecule has 0 spiro atoms. The van der Waals surface area contributed by atoms with Crippen molar-refractivity contribution in [1.29, 1.82) is 0 Å². The molecule has 116 valence electrons. The highest BCUT2D eigenvalue weighted by atomic mass is 19.2. The van der Waals surface area contributed by atoms with Crippen molar-refractivity contribution in [1.82, 2.24) is 5.32 Å². The summed E-state index contributed by atoms with van der Waals surface area (Å²) in [6, 6.07) is 3.49. The van der Waals surface area contributed by atoms with E-state index in [0.717, 1.165) is 12.1 Å². The van der Waals surface area contributed by atoms with Crippen LogP contribution in [0, 0.1) is 11.6 Å². The van der Waals surface area contributed by atoms with Crippen LogP contribution in [-0.2, 0) is 15.1 Å². The van der Waals surface area contributed by atoms with Gasteiger partial charge >= 0.3 is 5.97 Å². The summed E-state index contributed by atoms with van der Waals surface area (Å²) in [5.41, 5.74) is -0.376. The van der Waals surface area contributed by atoms with Gasteiger partial charge in [-0.3, -0.25) is 9.59 Å². The van der Waals surface area contributed by atoms with Gasteiger partial charge in [0.2, 0.25) is 5.91 Å². The average Bonchev–Trinajstić information content (AvgIpc) is 2.37. The largest absolute Gasteiger partial charge is 0.481 e. The van der Waals surface area contributed by atoms with Gasteiger partial charge in [-0.25, -0.2) is 8.78 Å². The Labute approximate surface area is 122 Å². The maximum atomic E-state index is 13.2. The van der Waals surface area contributed by atoms with Crippen LogP contribution in [0.1, 0.15) is 45.1 Å². The lowest BCUT2D eigenvalue weighted by Crippen LogP contribution is -2.41. The summed E-state index contributed by atoms with van der Waals surface area (Å²) >= 11 is 0. The van der Waals surface area contributed by atoms with Gasteiger partial charge in [-0.05, 0) is 44.4 Å². The number of nitrogens with one attached hydrogen (secondary N) is 1. The van der Waals surface area contributed by atoms with Crippen molar-refractivity contribution in [3.8, 4) is 0 Å². The number of carbonyl (C=O) groups excluding carboxylic acids is 1. The topological polar surface area (TPSA) is 66.4 Å². The van der Waals surface area contributed by atoms with Crippen molar-refractivity contribution in [2.75, 3.05) is 0 Å². The van der Waals surface area contributed by atoms with E-state index in [1.807, 2.05) is 0 Å². The number of carbonyl (C=O) groups is 2. The minimum Gasteiger partial charge on any atom is -0.481 e. The predicted octanol–water partition coefficient (Wildman–Crippen LogP) is 2.96. The molecule has 2 N–H and O–H groups in total. The van der Waals surface area contributed by atoms with Gasteiger partial charge in [-0.1, -0.05) is 6.07 Å². The number of aliphatic carboxylic acids is 1. The molecule has 0 aliphatic rings. The summed E-state index contributed by atoms with van der Waals surface area (Å²) in [4.78, 5) is 22.2. The third kappa shape index (κ3) is 5.49. The molecule has 0 aliphatic carbocycles. The Morgan fingerprint density at radius 3 is 2.33 bits per heavy atom. The molecule has 1 rings (SSSR count). The van der Waals surface area contributed by atoms with E-state index in [1.54, 1.807) is 13.8 Å². The summed E-state index contributed by atoms with van der Waals surface area (Å²) in [6.07, 6.45) is 1.11. The number of hydrogen-bond acceptors (Lipinski definition) is 2. The van der Waals surface area contributed by atoms with Gasteiger partial charge in [0.1, 0.15) is 0 Å². The minimum atomic E-state index is -0.962. The van der Waals surface area contributed by atoms with Gasteiger partial charge in [0.25, 0.3) is 0 Å². The van der Waals surface area contributed by atoms with Crippen LogP contribution in [0.2, 0.25) is 0 Å². The van der Waals surface area contributed by atoms with Gasteiger partial charge < -0.3 is 10.4 Å². The van der Waals surface area contributed by atoms with E-state index in [4.69, 9.17) is 5.11 Å². The number of carboxylic acid groups (broad SMARTS) is 1. The molecule has 1 aromatic rings. The number of hydrogen-bond donors (Lipinski definition) is 2. The number of halogens is 2. The SMILES string of the molecule is CC(C)(NC(=O)CCCCC(=O)O)c1ccc(F)c(F)c1. The molecule has 0 radical (unpaired) electrons. The maximum Gasteiger partial charge on any atom is 0.303 e. The summed E-state index contributed by atoms with van der Waals surface area (Å²) in [5, 5.41) is 11.2. The highest BCUT2D eigenvalue weighted by Crippen LogP contribution is 2.22. The molecule has 0 heterocycles. The molecule has 0 saturated heterocycles. The lowest BCUT2D eigenvalue weighted by molar-refractivity contribution is -0.137. The van der Waals surface area contributed by atoms with E-state index >= 15 is 0 Å². The molecule has 1 amide bonds. The lowest BCUT2D eigenvalue weighted by Gasteiger charge is -2.27. The third-order valence-electron chi connectivity index (χ3n) is 3.14. The Hall–Kier alpha value is -1.98. The monoisotopic (exact) mass is 299 g/mol. The second-order valence-corrected chi connectivity index (χ2v) is 5.40. The molecule has 0 unspecified atom stereocenters. The van der Waals surface area contributed by atoms with Crippen LogP contribution in [0.3, 0.4) is 0 Å². The first-order valence-corrected chi connectivity index (χ1v) is 6.70. The summed E-state index contributed by atoms with van der Waals surface area (Å²) in [5.74, 6) is -3.04. The highest BCUT2D eigenvalue weighted by Gasteiger charge is 2.23. The van der Waals surface area contributed by atoms with E-state index in [9.17, 15) is 18.4 Å². The molecule has 0 bridgehead atoms. The molecule has 0 saturated carbocycles. The van der Waals surface area contributed by atoms with Crippen molar-refractivity contribution >= 4 is 11.9 Å². The zero-order valence-corrected chi connectivity index (χ0v) is 12.1. The standard InChI is InChI=1S/C15H19F2NO3/c1-15(2,10-7-8-11(16)12(17)9-10)18-13(19)5-3-4-6-14(20)21/h7-9H,3-6H2,1-2H3,(H,18,19)(H,20,21). The average molecular weight is 299 g/mol. The number of benzene rings is 1. The molecule has 6 heteroatoms. The van der Waals surface area contributed by atoms with E-state index in [0.29, 0.717) is 18.4 Å². The fourth-order valence-electron chi connectivity index (χ4n) is 1.93. The van der Waals surface area contributed by atoms with Crippen LogP contribution >= 0.6 is 0 Å². The summed E-state index contributed by atoms with van der Waals surface area (Å²) in [6.45, 7) is 3.38. The number of rotatable bonds is 7. The first kappa shape index (κ1) is 17.1. The minimum absolute atomic E-state index is 0.0276. The van der Waals surface area contributed by atoms with Crippen LogP contribution in [0.15, 0.2) is 18.2 Å². The molecule has 0 aliphatic heterocycles. The molecule has 21 heavy (non-hydrogen) atoms. The second kappa shape index (κ2) is 7.15. The molecule has 4 nitrogen and oxygen atoms in total. The van der Waals surface area contributed by atoms with E-state index < -0.39 is 23.1 Å². The Morgan fingerprint density at radius 2 is 1.76 bits per heavy atom. The fourth-order valence-corrected chi connectivity index (χ4v) is 1.93. The molecule has 1 aromatic carbocycles. The Bertz CT molecular complexity index is 530. The lowest BCUT2D eigenvalue weighted by atomic mass is 9.93. The normalized spacial score (nSPS) is 11.2. The van der Waals surface area contributed by atoms with Crippen molar-refractivity contribution in [3.05, 3.63) is 35.4 Å². The maximum absolute atomic E-state index is 13.2. The Morgan fingerprint density at radius 1 is 1.14 bits per heavy atom. The molecular formula is C15H19F2NO3. The first-order valence-electron chi connectivity index (χ1n) is 6.70. The van der Waals surface area contributed by atoms with E-state index in [-0.39, 0.29) is 18.7 Å². The van der Waals surface area contributed by atoms with Crippen molar-refractivity contribution in [3.63, 3.8) is 0 Å². The molecule has 0 aromatic heterocycles. The zero-order valence-electron chi connectivity index (χ0n) is 12.1. The number of carboxylic acids is 1. The molecule has 0 fully saturated rings. The Balaban J connectivity index is 2.56. The van der Waals surface area contributed by atoms with Gasteiger partial charge in [-0.15, -0.1) is 0 Å². The summed E-state index contributed by atoms with van der Waals surface area (Å²) in [7, 11) is 0. The van der Waals surface area contributed by atoms with Crippen LogP contribution < -0.4 is 5.32 Å². The third-order valence-corrected chi connectivity index (χ3v) is 3.14. The van der Waals surface area contributed by atoms with Crippen molar-refractivity contribution in [2.24, 2.45) is 0 Å². The van der Waals surface area contributed by atoms with Gasteiger partial charge in [0, 0.05) is 12.8 Å². The number of unbranched alkanes of at least 4 members (excludes halogenated alkanes) is 1.